The maximum Gasteiger partial charge on any atom is 0.0293 e. The van der Waals surface area contributed by atoms with Crippen LogP contribution in [0.25, 0.3) is 0 Å². The van der Waals surface area contributed by atoms with E-state index < -0.39 is 0 Å². The summed E-state index contributed by atoms with van der Waals surface area (Å²) in [4.78, 5) is 6.54. The molecule has 1 N–H and O–H groups in total. The molecule has 2 unspecified atom stereocenters. The highest BCUT2D eigenvalue weighted by molar-refractivity contribution is 5.13. The van der Waals surface area contributed by atoms with Crippen molar-refractivity contribution in [3.63, 3.8) is 0 Å². The van der Waals surface area contributed by atoms with Crippen LogP contribution in [0.1, 0.15) is 37.8 Å². The molecular weight excluding hydrogens is 210 g/mol. The van der Waals surface area contributed by atoms with Crippen LogP contribution in [-0.4, -0.2) is 36.1 Å². The number of nitrogens with one attached hydrogen (secondary N) is 1. The normalized spacial score (nSPS) is 23.5. The summed E-state index contributed by atoms with van der Waals surface area (Å²) >= 11 is 0. The number of likely N-dealkylation sites (N-methyl/N-ethyl adjacent to an activating group) is 1. The Hall–Kier alpha value is -0.930. The third-order valence-electron chi connectivity index (χ3n) is 3.79. The average Bonchev–Trinajstić information content (AvgIpc) is 2.38. The molecule has 0 aromatic carbocycles. The van der Waals surface area contributed by atoms with Gasteiger partial charge >= 0.3 is 0 Å². The van der Waals surface area contributed by atoms with Crippen molar-refractivity contribution < 1.29 is 0 Å². The van der Waals surface area contributed by atoms with E-state index in [1.807, 2.05) is 12.4 Å². The highest BCUT2D eigenvalue weighted by Crippen LogP contribution is 2.16. The molecule has 1 aromatic rings. The number of piperidine rings is 1. The molecule has 94 valence electrons. The smallest absolute Gasteiger partial charge is 0.0293 e. The molecule has 1 aromatic heterocycles. The predicted molar refractivity (Wildman–Crippen MR) is 70.9 cm³/mol. The van der Waals surface area contributed by atoms with E-state index in [1.165, 1.54) is 31.4 Å². The fraction of sp³-hybridized carbons (Fsp3) is 0.643. The first kappa shape index (κ1) is 12.5. The minimum atomic E-state index is 0.410. The van der Waals surface area contributed by atoms with Crippen LogP contribution in [0.2, 0.25) is 0 Å². The van der Waals surface area contributed by atoms with Crippen LogP contribution in [0, 0.1) is 0 Å². The number of rotatable bonds is 4. The molecule has 2 rings (SSSR count). The number of hydrogen-bond acceptors (Lipinski definition) is 3. The van der Waals surface area contributed by atoms with Gasteiger partial charge in [0.1, 0.15) is 0 Å². The summed E-state index contributed by atoms with van der Waals surface area (Å²) in [6, 6.07) is 5.28. The maximum atomic E-state index is 4.05. The third-order valence-corrected chi connectivity index (χ3v) is 3.79. The van der Waals surface area contributed by atoms with E-state index in [-0.39, 0.29) is 0 Å². The molecule has 2 atom stereocenters. The zero-order chi connectivity index (χ0) is 12.1. The first-order valence-corrected chi connectivity index (χ1v) is 6.61. The molecule has 1 aliphatic heterocycles. The molecule has 2 heterocycles. The van der Waals surface area contributed by atoms with Gasteiger partial charge in [-0.3, -0.25) is 4.98 Å². The molecule has 0 spiro atoms. The second-order valence-corrected chi connectivity index (χ2v) is 5.04. The van der Waals surface area contributed by atoms with Crippen molar-refractivity contribution >= 4 is 0 Å². The van der Waals surface area contributed by atoms with Crippen molar-refractivity contribution in [3.8, 4) is 0 Å². The Kier molecular flexibility index (Phi) is 4.51. The Morgan fingerprint density at radius 2 is 2.18 bits per heavy atom. The van der Waals surface area contributed by atoms with Crippen molar-refractivity contribution in [2.45, 2.75) is 38.3 Å². The molecule has 1 aliphatic rings. The van der Waals surface area contributed by atoms with Crippen LogP contribution >= 0.6 is 0 Å². The van der Waals surface area contributed by atoms with Gasteiger partial charge < -0.3 is 10.2 Å². The average molecular weight is 233 g/mol. The Morgan fingerprint density at radius 1 is 1.41 bits per heavy atom. The van der Waals surface area contributed by atoms with Gasteiger partial charge in [-0.2, -0.15) is 0 Å². The minimum absolute atomic E-state index is 0.410. The molecule has 3 nitrogen and oxygen atoms in total. The SMILES string of the molecule is CC(NCC1CCCCN1C)c1ccncc1. The van der Waals surface area contributed by atoms with Gasteiger partial charge in [0, 0.05) is 31.0 Å². The van der Waals surface area contributed by atoms with E-state index in [0.717, 1.165) is 6.54 Å². The lowest BCUT2D eigenvalue weighted by molar-refractivity contribution is 0.178. The third kappa shape index (κ3) is 3.51. The first-order valence-electron chi connectivity index (χ1n) is 6.61. The van der Waals surface area contributed by atoms with Gasteiger partial charge in [-0.1, -0.05) is 6.42 Å². The molecule has 17 heavy (non-hydrogen) atoms. The van der Waals surface area contributed by atoms with Crippen LogP contribution in [0.15, 0.2) is 24.5 Å². The lowest BCUT2D eigenvalue weighted by Gasteiger charge is -2.33. The number of likely N-dealkylation sites (tertiary alicyclic amines) is 1. The van der Waals surface area contributed by atoms with E-state index in [2.05, 4.69) is 41.3 Å². The van der Waals surface area contributed by atoms with Crippen molar-refractivity contribution in [2.75, 3.05) is 20.1 Å². The molecule has 1 fully saturated rings. The molecule has 0 aliphatic carbocycles. The minimum Gasteiger partial charge on any atom is -0.309 e. The van der Waals surface area contributed by atoms with Gasteiger partial charge in [-0.05, 0) is 51.1 Å². The number of hydrogen-bond donors (Lipinski definition) is 1. The van der Waals surface area contributed by atoms with Gasteiger partial charge in [-0.15, -0.1) is 0 Å². The summed E-state index contributed by atoms with van der Waals surface area (Å²) in [5.74, 6) is 0. The fourth-order valence-electron chi connectivity index (χ4n) is 2.48. The summed E-state index contributed by atoms with van der Waals surface area (Å²) < 4.78 is 0. The lowest BCUT2D eigenvalue weighted by Crippen LogP contribution is -2.43. The summed E-state index contributed by atoms with van der Waals surface area (Å²) in [5, 5.41) is 3.63. The summed E-state index contributed by atoms with van der Waals surface area (Å²) in [7, 11) is 2.24. The van der Waals surface area contributed by atoms with Gasteiger partial charge in [0.2, 0.25) is 0 Å². The van der Waals surface area contributed by atoms with Crippen LogP contribution in [0.4, 0.5) is 0 Å². The van der Waals surface area contributed by atoms with Crippen molar-refractivity contribution in [3.05, 3.63) is 30.1 Å². The Morgan fingerprint density at radius 3 is 2.88 bits per heavy atom. The molecule has 0 bridgehead atoms. The molecule has 3 heteroatoms. The zero-order valence-electron chi connectivity index (χ0n) is 10.9. The monoisotopic (exact) mass is 233 g/mol. The van der Waals surface area contributed by atoms with Gasteiger partial charge in [-0.25, -0.2) is 0 Å². The molecule has 0 amide bonds. The quantitative estimate of drug-likeness (QED) is 0.864. The predicted octanol–water partition coefficient (Wildman–Crippen LogP) is 2.22. The maximum absolute atomic E-state index is 4.05. The van der Waals surface area contributed by atoms with Crippen molar-refractivity contribution in [2.24, 2.45) is 0 Å². The molecular formula is C14H23N3. The number of pyridine rings is 1. The van der Waals surface area contributed by atoms with Crippen molar-refractivity contribution in [1.29, 1.82) is 0 Å². The zero-order valence-corrected chi connectivity index (χ0v) is 10.9. The Bertz CT molecular complexity index is 325. The largest absolute Gasteiger partial charge is 0.309 e. The number of nitrogens with zero attached hydrogens (tertiary/aromatic N) is 2. The Labute approximate surface area is 104 Å². The molecule has 0 radical (unpaired) electrons. The number of aromatic nitrogens is 1. The Balaban J connectivity index is 1.81. The van der Waals surface area contributed by atoms with Crippen LogP contribution < -0.4 is 5.32 Å². The van der Waals surface area contributed by atoms with Crippen molar-refractivity contribution in [1.82, 2.24) is 15.2 Å². The van der Waals surface area contributed by atoms with E-state index in [9.17, 15) is 0 Å². The van der Waals surface area contributed by atoms with Gasteiger partial charge in [0.05, 0.1) is 0 Å². The first-order chi connectivity index (χ1) is 8.27. The van der Waals surface area contributed by atoms with Crippen LogP contribution in [0.3, 0.4) is 0 Å². The summed E-state index contributed by atoms with van der Waals surface area (Å²) in [6.07, 6.45) is 7.78. The van der Waals surface area contributed by atoms with Crippen LogP contribution in [0.5, 0.6) is 0 Å². The second kappa shape index (κ2) is 6.12. The van der Waals surface area contributed by atoms with Crippen LogP contribution in [-0.2, 0) is 0 Å². The summed E-state index contributed by atoms with van der Waals surface area (Å²) in [5.41, 5.74) is 1.32. The molecule has 0 saturated carbocycles. The lowest BCUT2D eigenvalue weighted by atomic mass is 10.0. The van der Waals surface area contributed by atoms with Gasteiger partial charge in [0.15, 0.2) is 0 Å². The van der Waals surface area contributed by atoms with E-state index in [0.29, 0.717) is 12.1 Å². The van der Waals surface area contributed by atoms with E-state index >= 15 is 0 Å². The second-order valence-electron chi connectivity index (χ2n) is 5.04. The topological polar surface area (TPSA) is 28.2 Å². The highest BCUT2D eigenvalue weighted by atomic mass is 15.2. The highest BCUT2D eigenvalue weighted by Gasteiger charge is 2.19. The fourth-order valence-corrected chi connectivity index (χ4v) is 2.48. The van der Waals surface area contributed by atoms with E-state index in [4.69, 9.17) is 0 Å². The summed E-state index contributed by atoms with van der Waals surface area (Å²) in [6.45, 7) is 4.55. The van der Waals surface area contributed by atoms with Gasteiger partial charge in [0.25, 0.3) is 0 Å². The van der Waals surface area contributed by atoms with E-state index in [1.54, 1.807) is 0 Å². The molecule has 1 saturated heterocycles. The standard InChI is InChI=1S/C14H23N3/c1-12(13-6-8-15-9-7-13)16-11-14-5-3-4-10-17(14)2/h6-9,12,14,16H,3-5,10-11H2,1-2H3.